The summed E-state index contributed by atoms with van der Waals surface area (Å²) in [7, 11) is 3.64. The van der Waals surface area contributed by atoms with Gasteiger partial charge in [-0.15, -0.1) is 0 Å². The molecule has 0 saturated carbocycles. The maximum atomic E-state index is 15.8. The van der Waals surface area contributed by atoms with Crippen LogP contribution in [0.5, 0.6) is 11.5 Å². The summed E-state index contributed by atoms with van der Waals surface area (Å²) in [6, 6.07) is 3.38. The number of anilines is 1. The SMILES string of the molecule is COCCN(C)[C@H]1CC(C)N(c2nc(-c3c(F)cccc3OC(=O)OC(C)(C)C)c(Cl)c3c2C(=O)N2CCN(C(=O)O)CC2CO3)C1. The van der Waals surface area contributed by atoms with Crippen LogP contribution in [0, 0.1) is 5.82 Å². The van der Waals surface area contributed by atoms with E-state index in [1.165, 1.54) is 23.1 Å². The fraction of sp³-hybridized carbons (Fsp3) is 0.562. The van der Waals surface area contributed by atoms with Crippen LogP contribution in [0.25, 0.3) is 11.3 Å². The number of hydrogen-bond donors (Lipinski definition) is 1. The number of halogens is 2. The number of fused-ring (bicyclic) bond motifs is 2. The van der Waals surface area contributed by atoms with Crippen molar-refractivity contribution in [2.24, 2.45) is 0 Å². The molecule has 4 heterocycles. The van der Waals surface area contributed by atoms with Crippen molar-refractivity contribution in [1.29, 1.82) is 0 Å². The van der Waals surface area contributed by atoms with Crippen molar-refractivity contribution in [2.45, 2.75) is 57.8 Å². The van der Waals surface area contributed by atoms with E-state index in [4.69, 9.17) is 35.5 Å². The molecule has 1 aromatic carbocycles. The number of carboxylic acid groups (broad SMARTS) is 1. The van der Waals surface area contributed by atoms with Gasteiger partial charge in [-0.1, -0.05) is 17.7 Å². The summed E-state index contributed by atoms with van der Waals surface area (Å²) in [6.07, 6.45) is -1.39. The van der Waals surface area contributed by atoms with Crippen LogP contribution in [0.2, 0.25) is 5.02 Å². The number of amides is 2. The maximum absolute atomic E-state index is 15.8. The molecule has 15 heteroatoms. The highest BCUT2D eigenvalue weighted by molar-refractivity contribution is 6.35. The minimum absolute atomic E-state index is 0.00259. The number of methoxy groups -OCH3 is 1. The van der Waals surface area contributed by atoms with Gasteiger partial charge >= 0.3 is 12.2 Å². The maximum Gasteiger partial charge on any atom is 0.514 e. The van der Waals surface area contributed by atoms with E-state index in [0.29, 0.717) is 19.7 Å². The van der Waals surface area contributed by atoms with Crippen molar-refractivity contribution in [1.82, 2.24) is 19.7 Å². The number of pyridine rings is 1. The van der Waals surface area contributed by atoms with E-state index in [1.807, 2.05) is 18.9 Å². The smallest absolute Gasteiger partial charge is 0.489 e. The fourth-order valence-electron chi connectivity index (χ4n) is 6.21. The number of rotatable bonds is 7. The molecule has 2 aromatic rings. The molecule has 3 aliphatic heterocycles. The van der Waals surface area contributed by atoms with Crippen molar-refractivity contribution in [3.8, 4) is 22.8 Å². The molecule has 0 aliphatic carbocycles. The molecular weight excluding hydrogens is 637 g/mol. The Morgan fingerprint density at radius 1 is 1.19 bits per heavy atom. The number of benzene rings is 1. The predicted molar refractivity (Wildman–Crippen MR) is 171 cm³/mol. The summed E-state index contributed by atoms with van der Waals surface area (Å²) < 4.78 is 38.1. The van der Waals surface area contributed by atoms with Gasteiger partial charge in [0.05, 0.1) is 18.2 Å². The van der Waals surface area contributed by atoms with E-state index < -0.39 is 35.6 Å². The molecule has 0 radical (unpaired) electrons. The van der Waals surface area contributed by atoms with Crippen LogP contribution in [-0.4, -0.2) is 127 Å². The summed E-state index contributed by atoms with van der Waals surface area (Å²) in [5.74, 6) is -1.12. The number of ether oxygens (including phenoxy) is 4. The van der Waals surface area contributed by atoms with Crippen LogP contribution in [-0.2, 0) is 9.47 Å². The first-order valence-corrected chi connectivity index (χ1v) is 15.9. The van der Waals surface area contributed by atoms with Gasteiger partial charge in [-0.3, -0.25) is 9.69 Å². The van der Waals surface area contributed by atoms with E-state index in [-0.39, 0.29) is 77.5 Å². The fourth-order valence-corrected chi connectivity index (χ4v) is 6.49. The number of carbonyl (C=O) groups is 3. The molecule has 3 atom stereocenters. The minimum atomic E-state index is -1.09. The highest BCUT2D eigenvalue weighted by Crippen LogP contribution is 2.47. The van der Waals surface area contributed by atoms with Crippen LogP contribution in [0.3, 0.4) is 0 Å². The van der Waals surface area contributed by atoms with Crippen molar-refractivity contribution in [3.05, 3.63) is 34.6 Å². The Bertz CT molecular complexity index is 1540. The summed E-state index contributed by atoms with van der Waals surface area (Å²) >= 11 is 6.97. The van der Waals surface area contributed by atoms with Crippen molar-refractivity contribution >= 4 is 35.6 Å². The first kappa shape index (κ1) is 34.5. The minimum Gasteiger partial charge on any atom is -0.489 e. The second-order valence-corrected chi connectivity index (χ2v) is 13.4. The lowest BCUT2D eigenvalue weighted by atomic mass is 10.0. The zero-order chi connectivity index (χ0) is 34.2. The number of piperazine rings is 1. The lowest BCUT2D eigenvalue weighted by Crippen LogP contribution is -2.57. The molecule has 2 unspecified atom stereocenters. The van der Waals surface area contributed by atoms with E-state index >= 15 is 4.39 Å². The van der Waals surface area contributed by atoms with Gasteiger partial charge in [-0.25, -0.2) is 19.0 Å². The van der Waals surface area contributed by atoms with E-state index in [9.17, 15) is 19.5 Å². The summed E-state index contributed by atoms with van der Waals surface area (Å²) in [5.41, 5.74) is -1.04. The first-order chi connectivity index (χ1) is 22.2. The quantitative estimate of drug-likeness (QED) is 0.326. The highest BCUT2D eigenvalue weighted by atomic mass is 35.5. The second kappa shape index (κ2) is 13.7. The Morgan fingerprint density at radius 3 is 2.62 bits per heavy atom. The van der Waals surface area contributed by atoms with Crippen LogP contribution < -0.4 is 14.4 Å². The molecular formula is C32H41ClFN5O8. The standard InChI is InChI=1S/C32H41ClFN5O8/c1-18-14-19(36(5)12-13-44-6)16-39(18)28-24-27(45-17-20-15-37(30(41)42)10-11-38(20)29(24)40)25(33)26(35-28)23-21(34)8-7-9-22(23)46-31(43)47-32(2,3)4/h7-9,18-20H,10-17H2,1-6H3,(H,41,42)/t18?,19-,20?/m0/s1. The molecule has 256 valence electrons. The van der Waals surface area contributed by atoms with Crippen LogP contribution in [0.15, 0.2) is 18.2 Å². The third-order valence-electron chi connectivity index (χ3n) is 8.61. The Balaban J connectivity index is 1.65. The van der Waals surface area contributed by atoms with E-state index in [1.54, 1.807) is 32.8 Å². The average Bonchev–Trinajstić information content (AvgIpc) is 3.32. The van der Waals surface area contributed by atoms with Gasteiger partial charge < -0.3 is 38.8 Å². The van der Waals surface area contributed by atoms with Crippen molar-refractivity contribution < 1.29 is 42.8 Å². The van der Waals surface area contributed by atoms with Gasteiger partial charge in [0.2, 0.25) is 0 Å². The number of carbonyl (C=O) groups excluding carboxylic acids is 2. The zero-order valence-corrected chi connectivity index (χ0v) is 28.2. The molecule has 3 aliphatic rings. The lowest BCUT2D eigenvalue weighted by molar-refractivity contribution is 0.0206. The van der Waals surface area contributed by atoms with Gasteiger partial charge in [0.15, 0.2) is 5.75 Å². The first-order valence-electron chi connectivity index (χ1n) is 15.5. The normalized spacial score (nSPS) is 21.3. The Kier molecular flexibility index (Phi) is 10.0. The molecule has 47 heavy (non-hydrogen) atoms. The zero-order valence-electron chi connectivity index (χ0n) is 27.4. The molecule has 2 amide bonds. The molecule has 2 saturated heterocycles. The van der Waals surface area contributed by atoms with Gasteiger partial charge in [-0.05, 0) is 53.3 Å². The van der Waals surface area contributed by atoms with Gasteiger partial charge in [-0.2, -0.15) is 0 Å². The Morgan fingerprint density at radius 2 is 1.94 bits per heavy atom. The van der Waals surface area contributed by atoms with Crippen LogP contribution in [0.1, 0.15) is 44.5 Å². The largest absolute Gasteiger partial charge is 0.514 e. The monoisotopic (exact) mass is 677 g/mol. The average molecular weight is 678 g/mol. The molecule has 13 nitrogen and oxygen atoms in total. The third-order valence-corrected chi connectivity index (χ3v) is 8.97. The van der Waals surface area contributed by atoms with E-state index in [0.717, 1.165) is 6.42 Å². The predicted octanol–water partition coefficient (Wildman–Crippen LogP) is 4.60. The molecule has 1 aromatic heterocycles. The van der Waals surface area contributed by atoms with Crippen LogP contribution in [0.4, 0.5) is 19.8 Å². The van der Waals surface area contributed by atoms with Crippen LogP contribution >= 0.6 is 11.6 Å². The topological polar surface area (TPSA) is 134 Å². The number of aromatic nitrogens is 1. The third kappa shape index (κ3) is 7.19. The van der Waals surface area contributed by atoms with Gasteiger partial charge in [0.1, 0.15) is 45.9 Å². The number of nitrogens with zero attached hydrogens (tertiary/aromatic N) is 5. The van der Waals surface area contributed by atoms with E-state index in [2.05, 4.69) is 4.90 Å². The highest BCUT2D eigenvalue weighted by Gasteiger charge is 2.43. The van der Waals surface area contributed by atoms with Gasteiger partial charge in [0.25, 0.3) is 5.91 Å². The number of hydrogen-bond acceptors (Lipinski definition) is 10. The molecule has 2 fully saturated rings. The van der Waals surface area contributed by atoms with Crippen molar-refractivity contribution in [2.75, 3.05) is 65.0 Å². The number of likely N-dealkylation sites (N-methyl/N-ethyl adjacent to an activating group) is 1. The molecule has 0 spiro atoms. The molecule has 0 bridgehead atoms. The molecule has 5 rings (SSSR count). The Labute approximate surface area is 278 Å². The summed E-state index contributed by atoms with van der Waals surface area (Å²) in [5, 5.41) is 9.47. The Hall–Kier alpha value is -3.88. The van der Waals surface area contributed by atoms with Gasteiger partial charge in [0, 0.05) is 51.9 Å². The summed E-state index contributed by atoms with van der Waals surface area (Å²) in [4.78, 5) is 50.7. The lowest BCUT2D eigenvalue weighted by Gasteiger charge is -2.38. The van der Waals surface area contributed by atoms with Crippen molar-refractivity contribution in [3.63, 3.8) is 0 Å². The summed E-state index contributed by atoms with van der Waals surface area (Å²) in [6.45, 7) is 9.04. The second-order valence-electron chi connectivity index (χ2n) is 13.0. The molecule has 1 N–H and O–H groups in total.